The summed E-state index contributed by atoms with van der Waals surface area (Å²) in [5, 5.41) is 4.80. The number of sulfonamides is 1. The molecular formula is C23H24N2O5S2. The van der Waals surface area contributed by atoms with Crippen LogP contribution in [0.1, 0.15) is 34.1 Å². The van der Waals surface area contributed by atoms with Gasteiger partial charge in [-0.3, -0.25) is 9.10 Å². The first-order valence-electron chi connectivity index (χ1n) is 10.4. The van der Waals surface area contributed by atoms with Crippen molar-refractivity contribution in [1.29, 1.82) is 0 Å². The smallest absolute Gasteiger partial charge is 0.341 e. The van der Waals surface area contributed by atoms with Crippen molar-refractivity contribution in [3.05, 3.63) is 58.5 Å². The molecule has 1 aromatic heterocycles. The van der Waals surface area contributed by atoms with E-state index in [1.54, 1.807) is 19.1 Å². The summed E-state index contributed by atoms with van der Waals surface area (Å²) in [7, 11) is -3.74. The minimum absolute atomic E-state index is 0.236. The molecule has 3 aromatic rings. The molecule has 0 saturated carbocycles. The van der Waals surface area contributed by atoms with Crippen molar-refractivity contribution in [3.8, 4) is 0 Å². The molecule has 9 heteroatoms. The van der Waals surface area contributed by atoms with Crippen molar-refractivity contribution in [2.45, 2.75) is 26.2 Å². The predicted molar refractivity (Wildman–Crippen MR) is 127 cm³/mol. The summed E-state index contributed by atoms with van der Waals surface area (Å²) in [4.78, 5) is 26.6. The third-order valence-electron chi connectivity index (χ3n) is 5.38. The lowest BCUT2D eigenvalue weighted by molar-refractivity contribution is -0.114. The number of ether oxygens (including phenoxy) is 1. The van der Waals surface area contributed by atoms with E-state index in [1.807, 2.05) is 30.3 Å². The number of aryl methyl sites for hydroxylation is 1. The fourth-order valence-electron chi connectivity index (χ4n) is 4.01. The normalized spacial score (nSPS) is 13.1. The van der Waals surface area contributed by atoms with Crippen LogP contribution < -0.4 is 9.62 Å². The van der Waals surface area contributed by atoms with Crippen LogP contribution in [-0.2, 0) is 32.4 Å². The van der Waals surface area contributed by atoms with Gasteiger partial charge in [0.1, 0.15) is 11.5 Å². The van der Waals surface area contributed by atoms with E-state index < -0.39 is 28.4 Å². The molecule has 7 nitrogen and oxygen atoms in total. The zero-order chi connectivity index (χ0) is 22.9. The lowest BCUT2D eigenvalue weighted by Crippen LogP contribution is -2.37. The van der Waals surface area contributed by atoms with E-state index in [0.29, 0.717) is 16.3 Å². The van der Waals surface area contributed by atoms with E-state index in [9.17, 15) is 18.0 Å². The summed E-state index contributed by atoms with van der Waals surface area (Å²) in [6.07, 6.45) is 3.66. The van der Waals surface area contributed by atoms with Gasteiger partial charge >= 0.3 is 5.97 Å². The van der Waals surface area contributed by atoms with Crippen molar-refractivity contribution in [1.82, 2.24) is 0 Å². The second-order valence-corrected chi connectivity index (χ2v) is 10.6. The second kappa shape index (κ2) is 8.91. The van der Waals surface area contributed by atoms with Gasteiger partial charge in [0, 0.05) is 10.3 Å². The Bertz CT molecular complexity index is 1290. The molecule has 0 saturated heterocycles. The van der Waals surface area contributed by atoms with Crippen LogP contribution in [0.3, 0.4) is 0 Å². The Labute approximate surface area is 191 Å². The van der Waals surface area contributed by atoms with E-state index in [2.05, 4.69) is 5.32 Å². The molecule has 0 aliphatic heterocycles. The highest BCUT2D eigenvalue weighted by Crippen LogP contribution is 2.39. The van der Waals surface area contributed by atoms with Crippen LogP contribution in [0, 0.1) is 0 Å². The highest BCUT2D eigenvalue weighted by Gasteiger charge is 2.29. The number of hydrogen-bond acceptors (Lipinski definition) is 6. The first-order chi connectivity index (χ1) is 15.3. The predicted octanol–water partition coefficient (Wildman–Crippen LogP) is 3.97. The summed E-state index contributed by atoms with van der Waals surface area (Å²) in [6, 6.07) is 12.7. The number of benzene rings is 2. The van der Waals surface area contributed by atoms with Crippen LogP contribution in [0.4, 0.5) is 10.7 Å². The highest BCUT2D eigenvalue weighted by molar-refractivity contribution is 7.92. The molecule has 1 aliphatic rings. The zero-order valence-electron chi connectivity index (χ0n) is 17.9. The summed E-state index contributed by atoms with van der Waals surface area (Å²) < 4.78 is 31.5. The van der Waals surface area contributed by atoms with Gasteiger partial charge in [-0.2, -0.15) is 0 Å². The molecule has 32 heavy (non-hydrogen) atoms. The van der Waals surface area contributed by atoms with Crippen molar-refractivity contribution in [2.75, 3.05) is 29.0 Å². The summed E-state index contributed by atoms with van der Waals surface area (Å²) >= 11 is 1.36. The Morgan fingerprint density at radius 1 is 1.12 bits per heavy atom. The number of rotatable bonds is 7. The molecule has 0 spiro atoms. The molecule has 1 heterocycles. The average Bonchev–Trinajstić information content (AvgIpc) is 3.32. The monoisotopic (exact) mass is 472 g/mol. The molecule has 1 aliphatic carbocycles. The van der Waals surface area contributed by atoms with Gasteiger partial charge in [-0.1, -0.05) is 36.4 Å². The number of nitrogens with zero attached hydrogens (tertiary/aromatic N) is 1. The number of fused-ring (bicyclic) bond motifs is 2. The lowest BCUT2D eigenvalue weighted by Gasteiger charge is -2.23. The Morgan fingerprint density at radius 2 is 1.88 bits per heavy atom. The summed E-state index contributed by atoms with van der Waals surface area (Å²) in [6.45, 7) is 1.56. The molecule has 0 bridgehead atoms. The number of anilines is 2. The molecule has 0 atom stereocenters. The van der Waals surface area contributed by atoms with Gasteiger partial charge in [-0.25, -0.2) is 13.2 Å². The molecule has 1 amide bonds. The number of nitrogens with one attached hydrogen (secondary N) is 1. The molecule has 168 valence electrons. The number of amides is 1. The van der Waals surface area contributed by atoms with Gasteiger partial charge in [0.2, 0.25) is 15.9 Å². The number of esters is 1. The quantitative estimate of drug-likeness (QED) is 0.525. The first-order valence-corrected chi connectivity index (χ1v) is 13.0. The van der Waals surface area contributed by atoms with E-state index in [0.717, 1.165) is 51.0 Å². The summed E-state index contributed by atoms with van der Waals surface area (Å²) in [5.74, 6) is -0.981. The van der Waals surface area contributed by atoms with E-state index in [1.165, 1.54) is 11.3 Å². The van der Waals surface area contributed by atoms with E-state index in [4.69, 9.17) is 4.74 Å². The van der Waals surface area contributed by atoms with Crippen LogP contribution >= 0.6 is 11.3 Å². The maximum atomic E-state index is 13.0. The standard InChI is InChI=1S/C23H24N2O5S2/c1-3-30-23(27)21-17-11-7-13-19(17)31-22(21)24-20(26)14-25(32(2,28)29)18-12-6-9-15-8-4-5-10-16(15)18/h4-6,8-10,12H,3,7,11,13-14H2,1-2H3,(H,24,26). The topological polar surface area (TPSA) is 92.8 Å². The molecule has 1 N–H and O–H groups in total. The van der Waals surface area contributed by atoms with Crippen LogP contribution in [0.2, 0.25) is 0 Å². The Balaban J connectivity index is 1.65. The minimum atomic E-state index is -3.74. The molecule has 4 rings (SSSR count). The first kappa shape index (κ1) is 22.3. The molecule has 2 aromatic carbocycles. The van der Waals surface area contributed by atoms with Crippen LogP contribution in [-0.4, -0.2) is 39.7 Å². The molecule has 0 fully saturated rings. The zero-order valence-corrected chi connectivity index (χ0v) is 19.5. The minimum Gasteiger partial charge on any atom is -0.462 e. The van der Waals surface area contributed by atoms with Crippen molar-refractivity contribution in [3.63, 3.8) is 0 Å². The average molecular weight is 473 g/mol. The number of carbonyl (C=O) groups is 2. The van der Waals surface area contributed by atoms with Gasteiger partial charge in [-0.05, 0) is 43.2 Å². The Hall–Kier alpha value is -2.91. The maximum absolute atomic E-state index is 13.0. The van der Waals surface area contributed by atoms with E-state index >= 15 is 0 Å². The molecule has 0 unspecified atom stereocenters. The molecule has 0 radical (unpaired) electrons. The van der Waals surface area contributed by atoms with Gasteiger partial charge in [0.15, 0.2) is 0 Å². The third kappa shape index (κ3) is 4.35. The maximum Gasteiger partial charge on any atom is 0.341 e. The highest BCUT2D eigenvalue weighted by atomic mass is 32.2. The fraction of sp³-hybridized carbons (Fsp3) is 0.304. The van der Waals surface area contributed by atoms with E-state index in [-0.39, 0.29) is 6.61 Å². The van der Waals surface area contributed by atoms with Crippen LogP contribution in [0.25, 0.3) is 10.8 Å². The number of hydrogen-bond donors (Lipinski definition) is 1. The Kier molecular flexibility index (Phi) is 6.21. The Morgan fingerprint density at radius 3 is 2.62 bits per heavy atom. The number of carbonyl (C=O) groups excluding carboxylic acids is 2. The fourth-order valence-corrected chi connectivity index (χ4v) is 6.18. The van der Waals surface area contributed by atoms with Gasteiger partial charge in [-0.15, -0.1) is 11.3 Å². The largest absolute Gasteiger partial charge is 0.462 e. The summed E-state index contributed by atoms with van der Waals surface area (Å²) in [5.41, 5.74) is 1.76. The van der Waals surface area contributed by atoms with Crippen molar-refractivity contribution < 1.29 is 22.7 Å². The molecular weight excluding hydrogens is 448 g/mol. The van der Waals surface area contributed by atoms with Crippen molar-refractivity contribution in [2.24, 2.45) is 0 Å². The van der Waals surface area contributed by atoms with Gasteiger partial charge < -0.3 is 10.1 Å². The van der Waals surface area contributed by atoms with Crippen molar-refractivity contribution >= 4 is 54.7 Å². The van der Waals surface area contributed by atoms with Crippen LogP contribution in [0.15, 0.2) is 42.5 Å². The number of thiophene rings is 1. The SMILES string of the molecule is CCOC(=O)c1c(NC(=O)CN(c2cccc3ccccc23)S(C)(=O)=O)sc2c1CCC2. The van der Waals surface area contributed by atoms with Crippen LogP contribution in [0.5, 0.6) is 0 Å². The lowest BCUT2D eigenvalue weighted by atomic mass is 10.1. The van der Waals surface area contributed by atoms with Gasteiger partial charge in [0.05, 0.1) is 24.1 Å². The third-order valence-corrected chi connectivity index (χ3v) is 7.71. The van der Waals surface area contributed by atoms with Gasteiger partial charge in [0.25, 0.3) is 0 Å². The second-order valence-electron chi connectivity index (χ2n) is 7.60.